The van der Waals surface area contributed by atoms with E-state index in [1.165, 1.54) is 6.20 Å². The zero-order chi connectivity index (χ0) is 18.5. The summed E-state index contributed by atoms with van der Waals surface area (Å²) in [6.45, 7) is 1.98. The molecule has 134 valence electrons. The summed E-state index contributed by atoms with van der Waals surface area (Å²) in [5.74, 6) is 2.18. The van der Waals surface area contributed by atoms with Crippen molar-refractivity contribution in [3.63, 3.8) is 0 Å². The van der Waals surface area contributed by atoms with Crippen molar-refractivity contribution in [1.82, 2.24) is 15.2 Å². The molecule has 0 aliphatic carbocycles. The van der Waals surface area contributed by atoms with Gasteiger partial charge in [-0.15, -0.1) is 5.10 Å². The summed E-state index contributed by atoms with van der Waals surface area (Å²) in [7, 11) is 3.19. The fraction of sp³-hybridized carbons (Fsp3) is 0.167. The largest absolute Gasteiger partial charge is 0.497 e. The number of hydrogen-bond acceptors (Lipinski definition) is 7. The van der Waals surface area contributed by atoms with E-state index in [4.69, 9.17) is 21.1 Å². The first-order chi connectivity index (χ1) is 12.6. The van der Waals surface area contributed by atoms with Gasteiger partial charge in [0, 0.05) is 16.8 Å². The third-order valence-electron chi connectivity index (χ3n) is 3.67. The predicted octanol–water partition coefficient (Wildman–Crippen LogP) is 4.34. The minimum atomic E-state index is 0.321. The third kappa shape index (κ3) is 4.12. The summed E-state index contributed by atoms with van der Waals surface area (Å²) < 4.78 is 10.6. The Morgan fingerprint density at radius 2 is 1.81 bits per heavy atom. The predicted molar refractivity (Wildman–Crippen MR) is 102 cm³/mol. The van der Waals surface area contributed by atoms with Crippen LogP contribution in [0, 0.1) is 6.92 Å². The van der Waals surface area contributed by atoms with Crippen LogP contribution in [-0.4, -0.2) is 29.4 Å². The molecular formula is C18H18ClN5O2. The lowest BCUT2D eigenvalue weighted by Crippen LogP contribution is -2.04. The molecule has 1 aromatic heterocycles. The number of benzene rings is 2. The lowest BCUT2D eigenvalue weighted by atomic mass is 10.2. The van der Waals surface area contributed by atoms with Crippen molar-refractivity contribution in [1.29, 1.82) is 0 Å². The smallest absolute Gasteiger partial charge is 0.249 e. The first-order valence-electron chi connectivity index (χ1n) is 7.81. The number of aryl methyl sites for hydroxylation is 1. The standard InChI is InChI=1S/C18H18ClN5O2/c1-11-4-5-12(19)8-14(11)21-17-10-20-24-18(23-17)22-15-9-13(25-2)6-7-16(15)26-3/h4-10H,1-3H3,(H2,21,22,23,24). The van der Waals surface area contributed by atoms with E-state index >= 15 is 0 Å². The number of methoxy groups -OCH3 is 2. The Morgan fingerprint density at radius 1 is 0.962 bits per heavy atom. The van der Waals surface area contributed by atoms with Gasteiger partial charge >= 0.3 is 0 Å². The van der Waals surface area contributed by atoms with Crippen molar-refractivity contribution in [2.24, 2.45) is 0 Å². The average Bonchev–Trinajstić information content (AvgIpc) is 2.65. The van der Waals surface area contributed by atoms with Gasteiger partial charge in [-0.25, -0.2) is 0 Å². The van der Waals surface area contributed by atoms with Crippen molar-refractivity contribution in [2.45, 2.75) is 6.92 Å². The molecule has 0 saturated carbocycles. The van der Waals surface area contributed by atoms with Crippen molar-refractivity contribution in [3.05, 3.63) is 53.2 Å². The molecule has 0 unspecified atom stereocenters. The Kier molecular flexibility index (Phi) is 5.38. The maximum Gasteiger partial charge on any atom is 0.249 e. The van der Waals surface area contributed by atoms with Crippen LogP contribution in [0.4, 0.5) is 23.1 Å². The van der Waals surface area contributed by atoms with Crippen molar-refractivity contribution in [3.8, 4) is 11.5 Å². The van der Waals surface area contributed by atoms with Crippen molar-refractivity contribution >= 4 is 34.7 Å². The molecule has 26 heavy (non-hydrogen) atoms. The van der Waals surface area contributed by atoms with Crippen LogP contribution in [0.1, 0.15) is 5.56 Å². The quantitative estimate of drug-likeness (QED) is 0.667. The molecule has 0 aliphatic heterocycles. The highest BCUT2D eigenvalue weighted by molar-refractivity contribution is 6.30. The van der Waals surface area contributed by atoms with E-state index in [1.54, 1.807) is 26.4 Å². The molecule has 3 rings (SSSR count). The second-order valence-corrected chi connectivity index (χ2v) is 5.88. The Morgan fingerprint density at radius 3 is 2.58 bits per heavy atom. The SMILES string of the molecule is COc1ccc(OC)c(Nc2nncc(Nc3cc(Cl)ccc3C)n2)c1. The highest BCUT2D eigenvalue weighted by Crippen LogP contribution is 2.31. The molecule has 7 nitrogen and oxygen atoms in total. The van der Waals surface area contributed by atoms with Crippen LogP contribution in [0.2, 0.25) is 5.02 Å². The van der Waals surface area contributed by atoms with Crippen LogP contribution in [0.25, 0.3) is 0 Å². The Hall–Kier alpha value is -3.06. The summed E-state index contributed by atoms with van der Waals surface area (Å²) in [6.07, 6.45) is 1.54. The second-order valence-electron chi connectivity index (χ2n) is 5.44. The third-order valence-corrected chi connectivity index (χ3v) is 3.91. The number of nitrogens with zero attached hydrogens (tertiary/aromatic N) is 3. The van der Waals surface area contributed by atoms with Crippen LogP contribution in [0.5, 0.6) is 11.5 Å². The maximum atomic E-state index is 6.06. The van der Waals surface area contributed by atoms with Gasteiger partial charge in [-0.2, -0.15) is 10.1 Å². The molecule has 0 bridgehead atoms. The number of rotatable bonds is 6. The molecule has 3 aromatic rings. The van der Waals surface area contributed by atoms with Gasteiger partial charge in [0.1, 0.15) is 11.5 Å². The van der Waals surface area contributed by atoms with Gasteiger partial charge in [0.2, 0.25) is 5.95 Å². The van der Waals surface area contributed by atoms with Gasteiger partial charge < -0.3 is 20.1 Å². The molecule has 1 heterocycles. The van der Waals surface area contributed by atoms with E-state index in [-0.39, 0.29) is 0 Å². The van der Waals surface area contributed by atoms with Crippen molar-refractivity contribution < 1.29 is 9.47 Å². The van der Waals surface area contributed by atoms with Gasteiger partial charge in [-0.05, 0) is 36.8 Å². The van der Waals surface area contributed by atoms with Crippen LogP contribution in [0.15, 0.2) is 42.6 Å². The number of hydrogen-bond donors (Lipinski definition) is 2. The molecule has 0 amide bonds. The Labute approximate surface area is 156 Å². The van der Waals surface area contributed by atoms with Gasteiger partial charge in [0.25, 0.3) is 0 Å². The van der Waals surface area contributed by atoms with E-state index in [0.717, 1.165) is 11.3 Å². The number of aromatic nitrogens is 3. The fourth-order valence-corrected chi connectivity index (χ4v) is 2.49. The highest BCUT2D eigenvalue weighted by atomic mass is 35.5. The highest BCUT2D eigenvalue weighted by Gasteiger charge is 2.09. The topological polar surface area (TPSA) is 81.2 Å². The van der Waals surface area contributed by atoms with Crippen LogP contribution >= 0.6 is 11.6 Å². The maximum absolute atomic E-state index is 6.06. The molecule has 2 aromatic carbocycles. The first kappa shape index (κ1) is 17.8. The van der Waals surface area contributed by atoms with Gasteiger partial charge in [-0.1, -0.05) is 17.7 Å². The van der Waals surface area contributed by atoms with Gasteiger partial charge in [0.05, 0.1) is 26.1 Å². The first-order valence-corrected chi connectivity index (χ1v) is 8.19. The summed E-state index contributed by atoms with van der Waals surface area (Å²) in [5, 5.41) is 14.9. The molecule has 2 N–H and O–H groups in total. The van der Waals surface area contributed by atoms with Crippen LogP contribution in [-0.2, 0) is 0 Å². The molecule has 0 atom stereocenters. The summed E-state index contributed by atoms with van der Waals surface area (Å²) in [4.78, 5) is 4.43. The van der Waals surface area contributed by atoms with E-state index in [1.807, 2.05) is 31.2 Å². The van der Waals surface area contributed by atoms with Crippen LogP contribution in [0.3, 0.4) is 0 Å². The minimum absolute atomic E-state index is 0.321. The van der Waals surface area contributed by atoms with E-state index in [0.29, 0.717) is 34.0 Å². The summed E-state index contributed by atoms with van der Waals surface area (Å²) >= 11 is 6.06. The summed E-state index contributed by atoms with van der Waals surface area (Å²) in [6, 6.07) is 11.0. The van der Waals surface area contributed by atoms with E-state index < -0.39 is 0 Å². The Bertz CT molecular complexity index is 920. The minimum Gasteiger partial charge on any atom is -0.497 e. The molecule has 0 aliphatic rings. The average molecular weight is 372 g/mol. The monoisotopic (exact) mass is 371 g/mol. The van der Waals surface area contributed by atoms with E-state index in [2.05, 4.69) is 25.8 Å². The number of anilines is 4. The fourth-order valence-electron chi connectivity index (χ4n) is 2.32. The number of nitrogens with one attached hydrogen (secondary N) is 2. The normalized spacial score (nSPS) is 10.3. The second kappa shape index (κ2) is 7.88. The molecule has 0 fully saturated rings. The van der Waals surface area contributed by atoms with Crippen molar-refractivity contribution in [2.75, 3.05) is 24.9 Å². The molecule has 8 heteroatoms. The molecule has 0 radical (unpaired) electrons. The number of ether oxygens (including phenoxy) is 2. The zero-order valence-electron chi connectivity index (χ0n) is 14.6. The van der Waals surface area contributed by atoms with Gasteiger partial charge in [-0.3, -0.25) is 0 Å². The summed E-state index contributed by atoms with van der Waals surface area (Å²) in [5.41, 5.74) is 2.56. The lowest BCUT2D eigenvalue weighted by Gasteiger charge is -2.12. The van der Waals surface area contributed by atoms with Gasteiger partial charge in [0.15, 0.2) is 5.82 Å². The number of halogens is 1. The van der Waals surface area contributed by atoms with Crippen LogP contribution < -0.4 is 20.1 Å². The lowest BCUT2D eigenvalue weighted by molar-refractivity contribution is 0.405. The molecular weight excluding hydrogens is 354 g/mol. The zero-order valence-corrected chi connectivity index (χ0v) is 15.3. The van der Waals surface area contributed by atoms with E-state index in [9.17, 15) is 0 Å². The molecule has 0 saturated heterocycles. The molecule has 0 spiro atoms. The Balaban J connectivity index is 1.85.